The van der Waals surface area contributed by atoms with Crippen LogP contribution in [-0.2, 0) is 24.7 Å². The fourth-order valence-electron chi connectivity index (χ4n) is 2.18. The van der Waals surface area contributed by atoms with Crippen LogP contribution in [0.2, 0.25) is 0 Å². The van der Waals surface area contributed by atoms with Gasteiger partial charge in [0, 0.05) is 35.0 Å². The van der Waals surface area contributed by atoms with Gasteiger partial charge < -0.3 is 31.4 Å². The number of pyridine rings is 2. The Labute approximate surface area is 183 Å². The predicted molar refractivity (Wildman–Crippen MR) is 117 cm³/mol. The number of hydrogen-bond donors (Lipinski definition) is 4. The minimum absolute atomic E-state index is 0. The number of aliphatic hydroxyl groups excluding tert-OH is 2. The molecule has 0 fully saturated rings. The second-order valence-corrected chi connectivity index (χ2v) is 7.70. The number of aryl methyl sites for hydroxylation is 2. The van der Waals surface area contributed by atoms with E-state index in [4.69, 9.17) is 0 Å². The van der Waals surface area contributed by atoms with Gasteiger partial charge in [0.2, 0.25) is 0 Å². The number of rotatable bonds is 7. The van der Waals surface area contributed by atoms with E-state index in [1.807, 2.05) is 0 Å². The molecule has 0 saturated carbocycles. The van der Waals surface area contributed by atoms with Crippen molar-refractivity contribution in [3.8, 4) is 11.5 Å². The summed E-state index contributed by atoms with van der Waals surface area (Å²) < 4.78 is 0. The Bertz CT molecular complexity index is 679. The molecule has 0 aromatic carbocycles. The zero-order valence-corrected chi connectivity index (χ0v) is 18.6. The normalized spacial score (nSPS) is 9.43. The van der Waals surface area contributed by atoms with Gasteiger partial charge in [0.05, 0.1) is 24.6 Å². The van der Waals surface area contributed by atoms with Crippen LogP contribution in [0.1, 0.15) is 33.6 Å². The zero-order chi connectivity index (χ0) is 17.7. The minimum Gasteiger partial charge on any atom is -0.506 e. The van der Waals surface area contributed by atoms with E-state index < -0.39 is 0 Å². The summed E-state index contributed by atoms with van der Waals surface area (Å²) >= 11 is 0. The average molecular weight is 477 g/mol. The molecule has 0 saturated heterocycles. The quantitative estimate of drug-likeness (QED) is 0.345. The first kappa shape index (κ1) is 31.7. The SMILES string of the molecule is Cc1ncc(CSSCc2cnc(C)c(O)c2CO)c(CO)c1O.Cl.Cl.O.O. The summed E-state index contributed by atoms with van der Waals surface area (Å²) in [6.07, 6.45) is 3.32. The summed E-state index contributed by atoms with van der Waals surface area (Å²) in [5.41, 5.74) is 3.56. The lowest BCUT2D eigenvalue weighted by molar-refractivity contribution is 0.273. The number of aromatic nitrogens is 2. The zero-order valence-electron chi connectivity index (χ0n) is 15.3. The second kappa shape index (κ2) is 14.9. The van der Waals surface area contributed by atoms with Crippen molar-refractivity contribution >= 4 is 46.4 Å². The van der Waals surface area contributed by atoms with Crippen LogP contribution in [-0.4, -0.2) is 41.3 Å². The molecule has 28 heavy (non-hydrogen) atoms. The van der Waals surface area contributed by atoms with E-state index in [-0.39, 0.29) is 60.5 Å². The molecule has 2 aromatic rings. The maximum Gasteiger partial charge on any atom is 0.142 e. The van der Waals surface area contributed by atoms with Crippen molar-refractivity contribution in [2.75, 3.05) is 0 Å². The standard InChI is InChI=1S/C16H20N2O4S2.2ClH.2H2O/c1-9-15(21)13(5-19)11(3-17-9)7-23-24-8-12-4-18-10(2)16(22)14(12)6-20;;;;/h3-4,19-22H,5-8H2,1-2H3;2*1H;2*1H2. The van der Waals surface area contributed by atoms with Crippen molar-refractivity contribution in [1.29, 1.82) is 0 Å². The van der Waals surface area contributed by atoms with E-state index in [1.165, 1.54) is 21.6 Å². The smallest absolute Gasteiger partial charge is 0.142 e. The molecule has 0 aliphatic carbocycles. The predicted octanol–water partition coefficient (Wildman–Crippen LogP) is 1.77. The molecule has 0 radical (unpaired) electrons. The summed E-state index contributed by atoms with van der Waals surface area (Å²) in [6.45, 7) is 2.90. The number of hydrogen-bond acceptors (Lipinski definition) is 8. The van der Waals surface area contributed by atoms with Crippen molar-refractivity contribution < 1.29 is 31.4 Å². The Morgan fingerprint density at radius 3 is 1.36 bits per heavy atom. The van der Waals surface area contributed by atoms with Crippen LogP contribution < -0.4 is 0 Å². The van der Waals surface area contributed by atoms with Gasteiger partial charge in [-0.1, -0.05) is 21.6 Å². The lowest BCUT2D eigenvalue weighted by atomic mass is 10.1. The molecular formula is C16H26Cl2N2O6S2. The molecule has 0 bridgehead atoms. The van der Waals surface area contributed by atoms with Gasteiger partial charge in [0.1, 0.15) is 11.5 Å². The molecule has 0 unspecified atom stereocenters. The Morgan fingerprint density at radius 2 is 1.07 bits per heavy atom. The Morgan fingerprint density at radius 1 is 0.750 bits per heavy atom. The maximum atomic E-state index is 9.94. The van der Waals surface area contributed by atoms with Gasteiger partial charge in [0.25, 0.3) is 0 Å². The lowest BCUT2D eigenvalue weighted by Crippen LogP contribution is -1.98. The first-order chi connectivity index (χ1) is 11.5. The molecule has 0 amide bonds. The summed E-state index contributed by atoms with van der Waals surface area (Å²) in [5, 5.41) is 38.7. The number of aliphatic hydroxyl groups is 2. The Balaban J connectivity index is -0.00000156. The van der Waals surface area contributed by atoms with Crippen molar-refractivity contribution in [2.45, 2.75) is 38.6 Å². The van der Waals surface area contributed by atoms with Gasteiger partial charge in [-0.05, 0) is 25.0 Å². The number of nitrogens with zero attached hydrogens (tertiary/aromatic N) is 2. The molecule has 0 aliphatic heterocycles. The van der Waals surface area contributed by atoms with Crippen LogP contribution in [0.3, 0.4) is 0 Å². The van der Waals surface area contributed by atoms with Crippen molar-refractivity contribution in [1.82, 2.24) is 9.97 Å². The third-order valence-electron chi connectivity index (χ3n) is 3.69. The van der Waals surface area contributed by atoms with Crippen LogP contribution in [0.25, 0.3) is 0 Å². The van der Waals surface area contributed by atoms with Crippen molar-refractivity contribution in [3.63, 3.8) is 0 Å². The number of halogens is 2. The highest BCUT2D eigenvalue weighted by Crippen LogP contribution is 2.35. The van der Waals surface area contributed by atoms with Crippen LogP contribution >= 0.6 is 46.4 Å². The van der Waals surface area contributed by atoms with Gasteiger partial charge >= 0.3 is 0 Å². The van der Waals surface area contributed by atoms with Crippen LogP contribution in [0.5, 0.6) is 11.5 Å². The average Bonchev–Trinajstić information content (AvgIpc) is 2.58. The highest BCUT2D eigenvalue weighted by atomic mass is 35.5. The Hall–Kier alpha value is -0.980. The summed E-state index contributed by atoms with van der Waals surface area (Å²) in [6, 6.07) is 0. The van der Waals surface area contributed by atoms with Gasteiger partial charge in [0.15, 0.2) is 0 Å². The fourth-order valence-corrected chi connectivity index (χ4v) is 4.36. The second-order valence-electron chi connectivity index (χ2n) is 5.23. The highest BCUT2D eigenvalue weighted by molar-refractivity contribution is 8.76. The van der Waals surface area contributed by atoms with E-state index in [9.17, 15) is 20.4 Å². The topological polar surface area (TPSA) is 170 Å². The molecule has 8 N–H and O–H groups in total. The van der Waals surface area contributed by atoms with E-state index >= 15 is 0 Å². The summed E-state index contributed by atoms with van der Waals surface area (Å²) in [5.74, 6) is 1.22. The molecular weight excluding hydrogens is 451 g/mol. The molecule has 8 nitrogen and oxygen atoms in total. The molecule has 12 heteroatoms. The van der Waals surface area contributed by atoms with Crippen LogP contribution in [0, 0.1) is 13.8 Å². The first-order valence-electron chi connectivity index (χ1n) is 7.28. The molecule has 2 heterocycles. The molecule has 2 aromatic heterocycles. The van der Waals surface area contributed by atoms with Crippen molar-refractivity contribution in [3.05, 3.63) is 46.0 Å². The lowest BCUT2D eigenvalue weighted by Gasteiger charge is -2.12. The molecule has 0 atom stereocenters. The minimum atomic E-state index is -0.236. The van der Waals surface area contributed by atoms with Gasteiger partial charge in [-0.2, -0.15) is 0 Å². The van der Waals surface area contributed by atoms with E-state index in [1.54, 1.807) is 26.2 Å². The van der Waals surface area contributed by atoms with Crippen LogP contribution in [0.15, 0.2) is 12.4 Å². The largest absolute Gasteiger partial charge is 0.506 e. The van der Waals surface area contributed by atoms with Crippen LogP contribution in [0.4, 0.5) is 0 Å². The molecule has 162 valence electrons. The maximum absolute atomic E-state index is 9.94. The van der Waals surface area contributed by atoms with Crippen molar-refractivity contribution in [2.24, 2.45) is 0 Å². The first-order valence-corrected chi connectivity index (χ1v) is 9.77. The highest BCUT2D eigenvalue weighted by Gasteiger charge is 2.13. The fraction of sp³-hybridized carbons (Fsp3) is 0.375. The number of aromatic hydroxyl groups is 2. The molecule has 0 spiro atoms. The van der Waals surface area contributed by atoms with Gasteiger partial charge in [-0.15, -0.1) is 24.8 Å². The third-order valence-corrected chi connectivity index (χ3v) is 5.92. The monoisotopic (exact) mass is 476 g/mol. The molecule has 0 aliphatic rings. The third kappa shape index (κ3) is 7.45. The van der Waals surface area contributed by atoms with Gasteiger partial charge in [-0.3, -0.25) is 9.97 Å². The Kier molecular flexibility index (Phi) is 16.9. The van der Waals surface area contributed by atoms with E-state index in [2.05, 4.69) is 9.97 Å². The van der Waals surface area contributed by atoms with E-state index in [0.29, 0.717) is 34.0 Å². The van der Waals surface area contributed by atoms with Gasteiger partial charge in [-0.25, -0.2) is 0 Å². The summed E-state index contributed by atoms with van der Waals surface area (Å²) in [7, 11) is 3.08. The molecule has 2 rings (SSSR count). The summed E-state index contributed by atoms with van der Waals surface area (Å²) in [4.78, 5) is 8.23. The van der Waals surface area contributed by atoms with E-state index in [0.717, 1.165) is 11.1 Å².